The average Bonchev–Trinajstić information content (AvgIpc) is 3.22. The topological polar surface area (TPSA) is 82.1 Å². The third kappa shape index (κ3) is 40.2. The summed E-state index contributed by atoms with van der Waals surface area (Å²) in [6.45, 7) is 15.0. The number of hydrogen-bond acceptors (Lipinski definition) is 7. The Bertz CT molecular complexity index is 850. The molecule has 0 heterocycles. The summed E-state index contributed by atoms with van der Waals surface area (Å²) in [6.07, 6.45) is 42.5. The van der Waals surface area contributed by atoms with Crippen LogP contribution in [0.1, 0.15) is 266 Å². The third-order valence-corrected chi connectivity index (χ3v) is 12.2. The van der Waals surface area contributed by atoms with Crippen molar-refractivity contribution in [3.05, 3.63) is 0 Å². The molecule has 0 saturated heterocycles. The van der Waals surface area contributed by atoms with E-state index in [1.807, 2.05) is 0 Å². The first-order valence-electron chi connectivity index (χ1n) is 26.1. The van der Waals surface area contributed by atoms with Crippen LogP contribution in [0.5, 0.6) is 0 Å². The Labute approximate surface area is 367 Å². The molecule has 0 rings (SSSR count). The minimum atomic E-state index is -0.207. The molecule has 0 aliphatic rings. The molecule has 0 N–H and O–H groups in total. The Morgan fingerprint density at radius 1 is 0.339 bits per heavy atom. The Kier molecular flexibility index (Phi) is 44.6. The molecule has 0 aromatic carbocycles. The van der Waals surface area contributed by atoms with Gasteiger partial charge in [-0.05, 0) is 64.5 Å². The van der Waals surface area contributed by atoms with E-state index in [1.165, 1.54) is 148 Å². The van der Waals surface area contributed by atoms with E-state index in [0.29, 0.717) is 19.8 Å². The maximum absolute atomic E-state index is 12.9. The molecule has 350 valence electrons. The highest BCUT2D eigenvalue weighted by Gasteiger charge is 2.20. The maximum atomic E-state index is 12.9. The lowest BCUT2D eigenvalue weighted by atomic mass is 9.94. The van der Waals surface area contributed by atoms with Crippen LogP contribution in [0.3, 0.4) is 0 Å². The summed E-state index contributed by atoms with van der Waals surface area (Å²) in [6, 6.07) is 0. The maximum Gasteiger partial charge on any atom is 0.308 e. The quantitative estimate of drug-likeness (QED) is 0.0343. The number of carbonyl (C=O) groups is 3. The first kappa shape index (κ1) is 57.4. The van der Waals surface area contributed by atoms with E-state index in [9.17, 15) is 14.4 Å². The van der Waals surface area contributed by atoms with Gasteiger partial charge in [0.1, 0.15) is 6.61 Å². The molecule has 7 nitrogen and oxygen atoms in total. The molecular formula is C52H101NO6. The van der Waals surface area contributed by atoms with Gasteiger partial charge in [-0.15, -0.1) is 0 Å². The van der Waals surface area contributed by atoms with E-state index >= 15 is 0 Å². The Balaban J connectivity index is 4.27. The number of rotatable bonds is 47. The Morgan fingerprint density at radius 3 is 0.966 bits per heavy atom. The van der Waals surface area contributed by atoms with E-state index in [1.54, 1.807) is 0 Å². The zero-order chi connectivity index (χ0) is 43.3. The van der Waals surface area contributed by atoms with Gasteiger partial charge in [0.2, 0.25) is 0 Å². The van der Waals surface area contributed by atoms with Crippen LogP contribution >= 0.6 is 0 Å². The molecule has 0 aliphatic heterocycles. The fourth-order valence-corrected chi connectivity index (χ4v) is 8.26. The molecule has 0 radical (unpaired) electrons. The lowest BCUT2D eigenvalue weighted by Crippen LogP contribution is -2.30. The Morgan fingerprint density at radius 2 is 0.627 bits per heavy atom. The van der Waals surface area contributed by atoms with Crippen LogP contribution in [0.4, 0.5) is 0 Å². The van der Waals surface area contributed by atoms with Crippen LogP contribution in [-0.2, 0) is 28.6 Å². The van der Waals surface area contributed by atoms with E-state index < -0.39 is 0 Å². The molecular weight excluding hydrogens is 735 g/mol. The number of ether oxygens (including phenoxy) is 3. The number of unbranched alkanes of at least 4 members (excludes halogenated alkanes) is 26. The van der Waals surface area contributed by atoms with Gasteiger partial charge in [-0.25, -0.2) is 0 Å². The molecule has 0 bridgehead atoms. The monoisotopic (exact) mass is 836 g/mol. The van der Waals surface area contributed by atoms with Crippen molar-refractivity contribution < 1.29 is 28.6 Å². The van der Waals surface area contributed by atoms with Crippen LogP contribution in [0.15, 0.2) is 0 Å². The zero-order valence-corrected chi connectivity index (χ0v) is 40.2. The van der Waals surface area contributed by atoms with Crippen molar-refractivity contribution in [1.29, 1.82) is 0 Å². The predicted molar refractivity (Wildman–Crippen MR) is 251 cm³/mol. The highest BCUT2D eigenvalue weighted by atomic mass is 16.5. The molecule has 2 unspecified atom stereocenters. The molecule has 0 aliphatic carbocycles. The van der Waals surface area contributed by atoms with Gasteiger partial charge in [0.25, 0.3) is 0 Å². The van der Waals surface area contributed by atoms with E-state index in [-0.39, 0.29) is 29.7 Å². The van der Waals surface area contributed by atoms with Crippen molar-refractivity contribution in [2.45, 2.75) is 266 Å². The van der Waals surface area contributed by atoms with Crippen molar-refractivity contribution >= 4 is 17.9 Å². The highest BCUT2D eigenvalue weighted by molar-refractivity contribution is 5.72. The van der Waals surface area contributed by atoms with Crippen molar-refractivity contribution in [2.75, 3.05) is 39.5 Å². The van der Waals surface area contributed by atoms with Gasteiger partial charge in [-0.3, -0.25) is 19.3 Å². The standard InChI is InChI=1S/C52H101NO6/c1-6-10-14-18-24-32-40-49(38-30-16-12-8-3)51(55)58-45-36-28-22-20-26-34-42-53(44-47-57-48(5)54)43-35-27-21-23-29-37-46-59-52(56)50(39-31-17-13-9-4)41-33-25-19-15-11-7-2/h49-50H,6-47H2,1-5H3. The second kappa shape index (κ2) is 45.9. The zero-order valence-electron chi connectivity index (χ0n) is 40.2. The van der Waals surface area contributed by atoms with Gasteiger partial charge in [-0.1, -0.05) is 207 Å². The fourth-order valence-electron chi connectivity index (χ4n) is 8.26. The predicted octanol–water partition coefficient (Wildman–Crippen LogP) is 15.3. The smallest absolute Gasteiger partial charge is 0.308 e. The number of hydrogen-bond donors (Lipinski definition) is 0. The van der Waals surface area contributed by atoms with Crippen LogP contribution in [0.2, 0.25) is 0 Å². The van der Waals surface area contributed by atoms with E-state index in [4.69, 9.17) is 14.2 Å². The second-order valence-electron chi connectivity index (χ2n) is 18.0. The van der Waals surface area contributed by atoms with Gasteiger partial charge < -0.3 is 14.2 Å². The van der Waals surface area contributed by atoms with Crippen LogP contribution in [0, 0.1) is 11.8 Å². The van der Waals surface area contributed by atoms with Crippen molar-refractivity contribution in [1.82, 2.24) is 4.90 Å². The molecule has 2 atom stereocenters. The lowest BCUT2D eigenvalue weighted by molar-refractivity contribution is -0.150. The number of nitrogens with zero attached hydrogens (tertiary/aromatic N) is 1. The number of carbonyl (C=O) groups excluding carboxylic acids is 3. The van der Waals surface area contributed by atoms with Gasteiger partial charge in [0, 0.05) is 13.5 Å². The second-order valence-corrected chi connectivity index (χ2v) is 18.0. The molecule has 7 heteroatoms. The van der Waals surface area contributed by atoms with E-state index in [0.717, 1.165) is 110 Å². The average molecular weight is 836 g/mol. The summed E-state index contributed by atoms with van der Waals surface area (Å²) >= 11 is 0. The van der Waals surface area contributed by atoms with Gasteiger partial charge in [0.05, 0.1) is 25.0 Å². The first-order chi connectivity index (χ1) is 28.9. The summed E-state index contributed by atoms with van der Waals surface area (Å²) in [5, 5.41) is 0. The largest absolute Gasteiger partial charge is 0.465 e. The highest BCUT2D eigenvalue weighted by Crippen LogP contribution is 2.22. The Hall–Kier alpha value is -1.63. The lowest BCUT2D eigenvalue weighted by Gasteiger charge is -2.22. The molecule has 0 fully saturated rings. The SMILES string of the molecule is CCCCCCCCC(CCCCCC)C(=O)OCCCCCCCCN(CCCCCCCCOC(=O)C(CCCCCC)CCCCCCCC)CCOC(C)=O. The molecule has 0 amide bonds. The fraction of sp³-hybridized carbons (Fsp3) is 0.942. The van der Waals surface area contributed by atoms with Crippen LogP contribution in [0.25, 0.3) is 0 Å². The summed E-state index contributed by atoms with van der Waals surface area (Å²) in [4.78, 5) is 39.7. The molecule has 59 heavy (non-hydrogen) atoms. The summed E-state index contributed by atoms with van der Waals surface area (Å²) in [7, 11) is 0. The normalized spacial score (nSPS) is 12.5. The molecule has 0 aromatic rings. The third-order valence-electron chi connectivity index (χ3n) is 12.2. The van der Waals surface area contributed by atoms with Crippen LogP contribution in [-0.4, -0.2) is 62.3 Å². The van der Waals surface area contributed by atoms with Gasteiger partial charge in [-0.2, -0.15) is 0 Å². The van der Waals surface area contributed by atoms with Crippen molar-refractivity contribution in [3.63, 3.8) is 0 Å². The first-order valence-corrected chi connectivity index (χ1v) is 26.1. The van der Waals surface area contributed by atoms with Crippen molar-refractivity contribution in [3.8, 4) is 0 Å². The molecule has 0 saturated carbocycles. The number of esters is 3. The molecule has 0 spiro atoms. The van der Waals surface area contributed by atoms with Crippen molar-refractivity contribution in [2.24, 2.45) is 11.8 Å². The summed E-state index contributed by atoms with van der Waals surface area (Å²) in [5.41, 5.74) is 0. The molecule has 0 aromatic heterocycles. The minimum absolute atomic E-state index is 0.0529. The van der Waals surface area contributed by atoms with E-state index in [2.05, 4.69) is 32.6 Å². The van der Waals surface area contributed by atoms with Crippen LogP contribution < -0.4 is 0 Å². The van der Waals surface area contributed by atoms with Gasteiger partial charge >= 0.3 is 17.9 Å². The summed E-state index contributed by atoms with van der Waals surface area (Å²) in [5.74, 6) is 0.0792. The minimum Gasteiger partial charge on any atom is -0.465 e. The summed E-state index contributed by atoms with van der Waals surface area (Å²) < 4.78 is 16.9. The van der Waals surface area contributed by atoms with Gasteiger partial charge in [0.15, 0.2) is 0 Å².